The second-order valence-electron chi connectivity index (χ2n) is 7.97. The maximum Gasteiger partial charge on any atom is 0.123 e. The van der Waals surface area contributed by atoms with Gasteiger partial charge in [0, 0.05) is 35.3 Å². The van der Waals surface area contributed by atoms with Crippen molar-refractivity contribution in [1.82, 2.24) is 4.98 Å². The van der Waals surface area contributed by atoms with Crippen LogP contribution in [0, 0.1) is 5.82 Å². The van der Waals surface area contributed by atoms with Crippen LogP contribution in [0.5, 0.6) is 0 Å². The fraction of sp³-hybridized carbons (Fsp3) is 0.320. The molecule has 29 heavy (non-hydrogen) atoms. The van der Waals surface area contributed by atoms with Gasteiger partial charge in [0.15, 0.2) is 0 Å². The summed E-state index contributed by atoms with van der Waals surface area (Å²) >= 11 is 0. The van der Waals surface area contributed by atoms with Crippen LogP contribution >= 0.6 is 0 Å². The molecule has 148 valence electrons. The van der Waals surface area contributed by atoms with Crippen molar-refractivity contribution in [3.05, 3.63) is 71.7 Å². The predicted octanol–water partition coefficient (Wildman–Crippen LogP) is 6.45. The monoisotopic (exact) mass is 391 g/mol. The fourth-order valence-electron chi connectivity index (χ4n) is 4.13. The number of hydrogen-bond donors (Lipinski definition) is 0. The van der Waals surface area contributed by atoms with Crippen LogP contribution in [0.1, 0.15) is 42.9 Å². The minimum absolute atomic E-state index is 0.224. The number of pyridine rings is 1. The van der Waals surface area contributed by atoms with Crippen molar-refractivity contribution in [2.45, 2.75) is 43.9 Å². The van der Waals surface area contributed by atoms with E-state index in [4.69, 9.17) is 9.72 Å². The van der Waals surface area contributed by atoms with Gasteiger partial charge in [-0.2, -0.15) is 0 Å². The van der Waals surface area contributed by atoms with Gasteiger partial charge >= 0.3 is 0 Å². The highest BCUT2D eigenvalue weighted by atomic mass is 19.1. The molecule has 4 heteroatoms. The zero-order valence-corrected chi connectivity index (χ0v) is 16.2. The summed E-state index contributed by atoms with van der Waals surface area (Å²) in [5.41, 5.74) is 5.08. The first kappa shape index (κ1) is 18.4. The molecule has 2 aliphatic rings. The molecule has 5 rings (SSSR count). The Balaban J connectivity index is 1.68. The molecule has 2 nitrogen and oxygen atoms in total. The molecule has 1 aliphatic heterocycles. The SMILES string of the molecule is Fc1ccc(-c2c(/C=C/C3CC(F)CCO3)c(C3CC3)nc3ccccc23)cc1. The minimum atomic E-state index is -0.812. The number of aromatic nitrogens is 1. The molecule has 0 spiro atoms. The molecule has 2 atom stereocenters. The van der Waals surface area contributed by atoms with Crippen LogP contribution < -0.4 is 0 Å². The third-order valence-corrected chi connectivity index (χ3v) is 5.79. The Morgan fingerprint density at radius 1 is 1.00 bits per heavy atom. The van der Waals surface area contributed by atoms with Crippen molar-refractivity contribution >= 4 is 17.0 Å². The van der Waals surface area contributed by atoms with Crippen LogP contribution in [-0.2, 0) is 4.74 Å². The van der Waals surface area contributed by atoms with Crippen LogP contribution in [-0.4, -0.2) is 23.9 Å². The lowest BCUT2D eigenvalue weighted by Crippen LogP contribution is -2.24. The topological polar surface area (TPSA) is 22.1 Å². The number of ether oxygens (including phenoxy) is 1. The Labute approximate surface area is 169 Å². The number of halogens is 2. The van der Waals surface area contributed by atoms with Crippen LogP contribution in [0.2, 0.25) is 0 Å². The van der Waals surface area contributed by atoms with Gasteiger partial charge < -0.3 is 4.74 Å². The molecule has 1 saturated heterocycles. The molecule has 1 aromatic heterocycles. The van der Waals surface area contributed by atoms with Gasteiger partial charge in [0.05, 0.1) is 23.9 Å². The Morgan fingerprint density at radius 2 is 1.79 bits per heavy atom. The summed E-state index contributed by atoms with van der Waals surface area (Å²) in [5, 5.41) is 1.04. The van der Waals surface area contributed by atoms with Crippen molar-refractivity contribution in [2.75, 3.05) is 6.61 Å². The number of benzene rings is 2. The molecule has 2 aromatic carbocycles. The van der Waals surface area contributed by atoms with E-state index < -0.39 is 6.17 Å². The molecule has 1 aliphatic carbocycles. The molecule has 2 heterocycles. The molecular formula is C25H23F2NO. The van der Waals surface area contributed by atoms with E-state index in [1.807, 2.05) is 36.4 Å². The molecule has 2 fully saturated rings. The molecule has 0 bridgehead atoms. The molecular weight excluding hydrogens is 368 g/mol. The van der Waals surface area contributed by atoms with Crippen LogP contribution in [0.3, 0.4) is 0 Å². The van der Waals surface area contributed by atoms with E-state index in [0.29, 0.717) is 25.4 Å². The summed E-state index contributed by atoms with van der Waals surface area (Å²) < 4.78 is 33.1. The van der Waals surface area contributed by atoms with E-state index in [-0.39, 0.29) is 11.9 Å². The lowest BCUT2D eigenvalue weighted by molar-refractivity contribution is 0.00896. The minimum Gasteiger partial charge on any atom is -0.374 e. The van der Waals surface area contributed by atoms with E-state index in [1.54, 1.807) is 0 Å². The second kappa shape index (κ2) is 7.68. The summed E-state index contributed by atoms with van der Waals surface area (Å²) in [7, 11) is 0. The Morgan fingerprint density at radius 3 is 2.55 bits per heavy atom. The van der Waals surface area contributed by atoms with Crippen molar-refractivity contribution in [1.29, 1.82) is 0 Å². The normalized spacial score (nSPS) is 22.4. The molecule has 0 amide bonds. The Kier molecular flexibility index (Phi) is 4.88. The summed E-state index contributed by atoms with van der Waals surface area (Å²) in [6.07, 6.45) is 6.09. The molecule has 0 radical (unpaired) electrons. The average Bonchev–Trinajstić information content (AvgIpc) is 3.57. The number of fused-ring (bicyclic) bond motifs is 1. The number of nitrogens with zero attached hydrogens (tertiary/aromatic N) is 1. The van der Waals surface area contributed by atoms with Crippen molar-refractivity contribution in [2.24, 2.45) is 0 Å². The number of alkyl halides is 1. The van der Waals surface area contributed by atoms with E-state index in [1.165, 1.54) is 12.1 Å². The Bertz CT molecular complexity index is 1060. The van der Waals surface area contributed by atoms with Crippen LogP contribution in [0.25, 0.3) is 28.1 Å². The zero-order valence-electron chi connectivity index (χ0n) is 16.2. The summed E-state index contributed by atoms with van der Waals surface area (Å²) in [4.78, 5) is 4.98. The maximum atomic E-state index is 13.8. The van der Waals surface area contributed by atoms with Crippen LogP contribution in [0.15, 0.2) is 54.6 Å². The first-order valence-electron chi connectivity index (χ1n) is 10.3. The maximum absolute atomic E-state index is 13.8. The first-order valence-corrected chi connectivity index (χ1v) is 10.3. The van der Waals surface area contributed by atoms with E-state index in [2.05, 4.69) is 12.1 Å². The van der Waals surface area contributed by atoms with Gasteiger partial charge in [-0.1, -0.05) is 42.5 Å². The largest absolute Gasteiger partial charge is 0.374 e. The third kappa shape index (κ3) is 3.82. The summed E-state index contributed by atoms with van der Waals surface area (Å²) in [6, 6.07) is 14.7. The van der Waals surface area contributed by atoms with Gasteiger partial charge in [0.25, 0.3) is 0 Å². The second-order valence-corrected chi connectivity index (χ2v) is 7.97. The molecule has 0 N–H and O–H groups in total. The number of para-hydroxylation sites is 1. The van der Waals surface area contributed by atoms with Crippen molar-refractivity contribution in [3.63, 3.8) is 0 Å². The summed E-state index contributed by atoms with van der Waals surface area (Å²) in [6.45, 7) is 0.451. The standard InChI is InChI=1S/C25H23F2NO/c26-18-9-7-16(8-10-18)24-21-3-1-2-4-23(21)28-25(17-5-6-17)22(24)12-11-20-15-19(27)13-14-29-20/h1-4,7-12,17,19-20H,5-6,13-15H2/b12-11+. The van der Waals surface area contributed by atoms with Crippen molar-refractivity contribution < 1.29 is 13.5 Å². The highest BCUT2D eigenvalue weighted by Gasteiger charge is 2.30. The van der Waals surface area contributed by atoms with E-state index in [0.717, 1.165) is 46.1 Å². The van der Waals surface area contributed by atoms with Crippen LogP contribution in [0.4, 0.5) is 8.78 Å². The van der Waals surface area contributed by atoms with Gasteiger partial charge in [-0.3, -0.25) is 4.98 Å². The van der Waals surface area contributed by atoms with Gasteiger partial charge in [0.1, 0.15) is 12.0 Å². The zero-order chi connectivity index (χ0) is 19.8. The first-order chi connectivity index (χ1) is 14.2. The van der Waals surface area contributed by atoms with Gasteiger partial charge in [-0.05, 0) is 36.6 Å². The highest BCUT2D eigenvalue weighted by molar-refractivity contribution is 5.99. The third-order valence-electron chi connectivity index (χ3n) is 5.79. The number of rotatable bonds is 4. The number of hydrogen-bond acceptors (Lipinski definition) is 2. The summed E-state index contributed by atoms with van der Waals surface area (Å²) in [5.74, 6) is 0.191. The smallest absolute Gasteiger partial charge is 0.123 e. The van der Waals surface area contributed by atoms with Gasteiger partial charge in [-0.25, -0.2) is 8.78 Å². The van der Waals surface area contributed by atoms with E-state index in [9.17, 15) is 8.78 Å². The average molecular weight is 391 g/mol. The van der Waals surface area contributed by atoms with Gasteiger partial charge in [-0.15, -0.1) is 0 Å². The van der Waals surface area contributed by atoms with E-state index >= 15 is 0 Å². The highest BCUT2D eigenvalue weighted by Crippen LogP contribution is 2.45. The lowest BCUT2D eigenvalue weighted by Gasteiger charge is -2.23. The van der Waals surface area contributed by atoms with Crippen molar-refractivity contribution in [3.8, 4) is 11.1 Å². The Hall–Kier alpha value is -2.59. The molecule has 1 saturated carbocycles. The van der Waals surface area contributed by atoms with Gasteiger partial charge in [0.2, 0.25) is 0 Å². The predicted molar refractivity (Wildman–Crippen MR) is 112 cm³/mol. The quantitative estimate of drug-likeness (QED) is 0.510. The fourth-order valence-corrected chi connectivity index (χ4v) is 4.13. The molecule has 3 aromatic rings. The lowest BCUT2D eigenvalue weighted by atomic mass is 9.92. The molecule has 2 unspecified atom stereocenters.